The van der Waals surface area contributed by atoms with Gasteiger partial charge in [-0.25, -0.2) is 4.98 Å². The lowest BCUT2D eigenvalue weighted by Gasteiger charge is -2.44. The SMILES string of the molecule is CCc1nn(CCOCCOC)c(CC)c1NC(=O)c1ccn2c1CCc1cnc(Nc3ccc(N4CCN(C(=O)C5(C)CNC5)CC4)cc3OC)nc1-2. The van der Waals surface area contributed by atoms with Crippen LogP contribution in [0.1, 0.15) is 53.8 Å². The number of piperazine rings is 1. The van der Waals surface area contributed by atoms with E-state index in [0.29, 0.717) is 76.0 Å². The minimum absolute atomic E-state index is 0.164. The second kappa shape index (κ2) is 16.2. The van der Waals surface area contributed by atoms with Gasteiger partial charge in [-0.3, -0.25) is 14.3 Å². The van der Waals surface area contributed by atoms with E-state index in [9.17, 15) is 9.59 Å². The lowest BCUT2D eigenvalue weighted by Crippen LogP contribution is -2.62. The van der Waals surface area contributed by atoms with Crippen molar-refractivity contribution < 1.29 is 23.8 Å². The molecule has 0 atom stereocenters. The van der Waals surface area contributed by atoms with Gasteiger partial charge in [-0.05, 0) is 50.8 Å². The number of methoxy groups -OCH3 is 2. The summed E-state index contributed by atoms with van der Waals surface area (Å²) in [6.07, 6.45) is 6.58. The first-order valence-corrected chi connectivity index (χ1v) is 19.0. The molecule has 3 aliphatic heterocycles. The van der Waals surface area contributed by atoms with Crippen molar-refractivity contribution in [2.24, 2.45) is 5.41 Å². The Hall–Kier alpha value is -4.99. The summed E-state index contributed by atoms with van der Waals surface area (Å²) < 4.78 is 20.5. The molecule has 288 valence electrons. The van der Waals surface area contributed by atoms with Crippen LogP contribution in [0.3, 0.4) is 0 Å². The first-order chi connectivity index (χ1) is 26.3. The molecule has 0 spiro atoms. The van der Waals surface area contributed by atoms with E-state index in [0.717, 1.165) is 78.1 Å². The van der Waals surface area contributed by atoms with Gasteiger partial charge in [0.15, 0.2) is 0 Å². The third-order valence-electron chi connectivity index (χ3n) is 10.8. The minimum Gasteiger partial charge on any atom is -0.494 e. The molecule has 2 saturated heterocycles. The first-order valence-electron chi connectivity index (χ1n) is 19.0. The van der Waals surface area contributed by atoms with Gasteiger partial charge in [0.25, 0.3) is 5.91 Å². The molecule has 0 unspecified atom stereocenters. The van der Waals surface area contributed by atoms with Crippen molar-refractivity contribution in [3.05, 3.63) is 64.9 Å². The standard InChI is InChI=1S/C39H52N10O5/c1-6-29-34(31(7-2)49(45-29)18-19-54-21-20-52-4)43-36(50)28-12-13-48-32(28)11-8-26-23-41-38(44-35(26)48)42-30-10-9-27(22-33(30)53-5)46-14-16-47(17-15-46)37(51)39(3)24-40-25-39/h9-10,12-13,22-23,40H,6-8,11,14-21,24-25H2,1-5H3,(H,43,50)(H,41,42,44). The Labute approximate surface area is 316 Å². The predicted molar refractivity (Wildman–Crippen MR) is 206 cm³/mol. The van der Waals surface area contributed by atoms with Crippen molar-refractivity contribution in [1.82, 2.24) is 34.5 Å². The second-order valence-corrected chi connectivity index (χ2v) is 14.3. The number of fused-ring (bicyclic) bond motifs is 3. The molecule has 0 radical (unpaired) electrons. The number of aryl methyl sites for hydroxylation is 2. The third-order valence-corrected chi connectivity index (χ3v) is 10.8. The van der Waals surface area contributed by atoms with Crippen LogP contribution in [0.15, 0.2) is 36.7 Å². The second-order valence-electron chi connectivity index (χ2n) is 14.3. The van der Waals surface area contributed by atoms with Gasteiger partial charge in [0.1, 0.15) is 11.6 Å². The average molecular weight is 741 g/mol. The topological polar surface area (TPSA) is 153 Å². The van der Waals surface area contributed by atoms with Crippen LogP contribution in [0, 0.1) is 5.41 Å². The number of ether oxygens (including phenoxy) is 3. The minimum atomic E-state index is -0.276. The van der Waals surface area contributed by atoms with Crippen LogP contribution in [-0.4, -0.2) is 114 Å². The zero-order valence-electron chi connectivity index (χ0n) is 32.0. The van der Waals surface area contributed by atoms with Gasteiger partial charge in [0.2, 0.25) is 11.9 Å². The molecule has 15 nitrogen and oxygen atoms in total. The molecule has 3 aliphatic rings. The molecule has 1 aromatic carbocycles. The van der Waals surface area contributed by atoms with Crippen LogP contribution in [0.5, 0.6) is 5.75 Å². The molecule has 0 saturated carbocycles. The highest BCUT2D eigenvalue weighted by Crippen LogP contribution is 2.34. The number of hydrogen-bond donors (Lipinski definition) is 3. The number of anilines is 4. The summed E-state index contributed by atoms with van der Waals surface area (Å²) in [5.41, 5.74) is 6.64. The maximum Gasteiger partial charge on any atom is 0.257 e. The Balaban J connectivity index is 1.04. The molecule has 2 fully saturated rings. The van der Waals surface area contributed by atoms with Crippen LogP contribution in [0.25, 0.3) is 5.82 Å². The Morgan fingerprint density at radius 2 is 1.81 bits per heavy atom. The van der Waals surface area contributed by atoms with Crippen LogP contribution in [0.4, 0.5) is 23.0 Å². The van der Waals surface area contributed by atoms with Crippen LogP contribution in [0.2, 0.25) is 0 Å². The monoisotopic (exact) mass is 740 g/mol. The van der Waals surface area contributed by atoms with Crippen molar-refractivity contribution in [3.63, 3.8) is 0 Å². The summed E-state index contributed by atoms with van der Waals surface area (Å²) in [6, 6.07) is 7.91. The highest BCUT2D eigenvalue weighted by atomic mass is 16.5. The Kier molecular flexibility index (Phi) is 11.2. The number of amides is 2. The third kappa shape index (κ3) is 7.39. The molecule has 7 rings (SSSR count). The molecule has 2 amide bonds. The largest absolute Gasteiger partial charge is 0.494 e. The fourth-order valence-corrected chi connectivity index (χ4v) is 7.59. The van der Waals surface area contributed by atoms with Crippen LogP contribution < -0.4 is 25.6 Å². The number of hydrogen-bond acceptors (Lipinski definition) is 11. The summed E-state index contributed by atoms with van der Waals surface area (Å²) in [6.45, 7) is 12.7. The number of benzene rings is 1. The number of nitrogens with one attached hydrogen (secondary N) is 3. The molecule has 4 aromatic rings. The normalized spacial score (nSPS) is 16.0. The molecule has 0 bridgehead atoms. The lowest BCUT2D eigenvalue weighted by atomic mass is 9.82. The molecule has 0 aliphatic carbocycles. The fraction of sp³-hybridized carbons (Fsp3) is 0.513. The quantitative estimate of drug-likeness (QED) is 0.153. The van der Waals surface area contributed by atoms with E-state index < -0.39 is 0 Å². The maximum absolute atomic E-state index is 13.9. The highest BCUT2D eigenvalue weighted by Gasteiger charge is 2.42. The van der Waals surface area contributed by atoms with Crippen molar-refractivity contribution in [2.45, 2.75) is 53.0 Å². The van der Waals surface area contributed by atoms with E-state index in [4.69, 9.17) is 24.3 Å². The highest BCUT2D eigenvalue weighted by molar-refractivity contribution is 6.06. The van der Waals surface area contributed by atoms with E-state index in [1.807, 2.05) is 58.6 Å². The van der Waals surface area contributed by atoms with E-state index in [1.54, 1.807) is 14.2 Å². The van der Waals surface area contributed by atoms with Gasteiger partial charge >= 0.3 is 0 Å². The summed E-state index contributed by atoms with van der Waals surface area (Å²) in [5, 5.41) is 14.6. The van der Waals surface area contributed by atoms with Crippen LogP contribution in [-0.2, 0) is 46.5 Å². The van der Waals surface area contributed by atoms with Gasteiger partial charge in [-0.15, -0.1) is 0 Å². The Morgan fingerprint density at radius 1 is 1.00 bits per heavy atom. The predicted octanol–water partition coefficient (Wildman–Crippen LogP) is 3.61. The zero-order chi connectivity index (χ0) is 37.8. The lowest BCUT2D eigenvalue weighted by molar-refractivity contribution is -0.144. The Bertz CT molecular complexity index is 1980. The van der Waals surface area contributed by atoms with Crippen LogP contribution >= 0.6 is 0 Å². The first kappa shape index (κ1) is 37.3. The van der Waals surface area contributed by atoms with Crippen molar-refractivity contribution in [3.8, 4) is 11.6 Å². The molecular formula is C39H52N10O5. The number of aromatic nitrogens is 5. The number of carbonyl (C=O) groups is 2. The summed E-state index contributed by atoms with van der Waals surface area (Å²) in [7, 11) is 3.30. The van der Waals surface area contributed by atoms with E-state index in [2.05, 4.69) is 38.8 Å². The number of nitrogens with zero attached hydrogens (tertiary/aromatic N) is 7. The Morgan fingerprint density at radius 3 is 2.52 bits per heavy atom. The summed E-state index contributed by atoms with van der Waals surface area (Å²) in [5.74, 6) is 1.92. The van der Waals surface area contributed by atoms with E-state index >= 15 is 0 Å². The molecule has 6 heterocycles. The molecule has 54 heavy (non-hydrogen) atoms. The van der Waals surface area contributed by atoms with Crippen molar-refractivity contribution in [2.75, 3.05) is 88.8 Å². The smallest absolute Gasteiger partial charge is 0.257 e. The van der Waals surface area contributed by atoms with E-state index in [-0.39, 0.29) is 17.2 Å². The fourth-order valence-electron chi connectivity index (χ4n) is 7.59. The zero-order valence-corrected chi connectivity index (χ0v) is 32.0. The summed E-state index contributed by atoms with van der Waals surface area (Å²) >= 11 is 0. The molecule has 3 N–H and O–H groups in total. The van der Waals surface area contributed by atoms with E-state index in [1.165, 1.54) is 0 Å². The molecule has 15 heteroatoms. The van der Waals surface area contributed by atoms with Crippen molar-refractivity contribution >= 4 is 34.8 Å². The number of carbonyl (C=O) groups excluding carboxylic acids is 2. The van der Waals surface area contributed by atoms with Gasteiger partial charge in [-0.1, -0.05) is 13.8 Å². The molecule has 3 aromatic heterocycles. The van der Waals surface area contributed by atoms with Gasteiger partial charge < -0.3 is 44.5 Å². The average Bonchev–Trinajstić information content (AvgIpc) is 3.78. The number of rotatable bonds is 15. The van der Waals surface area contributed by atoms with Gasteiger partial charge in [0.05, 0.1) is 67.2 Å². The van der Waals surface area contributed by atoms with Crippen molar-refractivity contribution in [1.29, 1.82) is 0 Å². The molecular weight excluding hydrogens is 688 g/mol. The van der Waals surface area contributed by atoms with Gasteiger partial charge in [0, 0.05) is 81.8 Å². The maximum atomic E-state index is 13.9. The van der Waals surface area contributed by atoms with Gasteiger partial charge in [-0.2, -0.15) is 10.1 Å². The summed E-state index contributed by atoms with van der Waals surface area (Å²) in [4.78, 5) is 40.7.